The van der Waals surface area contributed by atoms with Crippen LogP contribution >= 0.6 is 0 Å². The summed E-state index contributed by atoms with van der Waals surface area (Å²) in [5, 5.41) is 13.7. The Kier molecular flexibility index (Phi) is 3.44. The molecule has 1 aliphatic rings. The summed E-state index contributed by atoms with van der Waals surface area (Å²) in [6.07, 6.45) is 5.04. The second-order valence-electron chi connectivity index (χ2n) is 5.58. The Labute approximate surface area is 118 Å². The van der Waals surface area contributed by atoms with E-state index in [0.717, 1.165) is 36.7 Å². The molecule has 1 aromatic heterocycles. The number of nitrogen functional groups attached to an aromatic ring is 1. The van der Waals surface area contributed by atoms with E-state index in [4.69, 9.17) is 5.73 Å². The lowest BCUT2D eigenvalue weighted by Crippen LogP contribution is -2.39. The van der Waals surface area contributed by atoms with Gasteiger partial charge in [-0.05, 0) is 25.0 Å². The first-order valence-electron chi connectivity index (χ1n) is 7.15. The summed E-state index contributed by atoms with van der Waals surface area (Å²) in [4.78, 5) is 8.81. The average Bonchev–Trinajstić information content (AvgIpc) is 2.46. The Morgan fingerprint density at radius 1 is 1.10 bits per heavy atom. The van der Waals surface area contributed by atoms with Gasteiger partial charge in [-0.2, -0.15) is 0 Å². The van der Waals surface area contributed by atoms with Crippen LogP contribution in [0, 0.1) is 0 Å². The molecule has 0 radical (unpaired) electrons. The summed E-state index contributed by atoms with van der Waals surface area (Å²) in [5.41, 5.74) is 6.88. The number of para-hydroxylation sites is 2. The number of hydrogen-bond donors (Lipinski definition) is 3. The number of nitrogens with two attached hydrogens (primary N) is 1. The number of benzene rings is 1. The molecular weight excluding hydrogens is 252 g/mol. The van der Waals surface area contributed by atoms with Crippen LogP contribution in [0.3, 0.4) is 0 Å². The van der Waals surface area contributed by atoms with Gasteiger partial charge in [0.1, 0.15) is 0 Å². The van der Waals surface area contributed by atoms with Gasteiger partial charge in [0.05, 0.1) is 16.6 Å². The third-order valence-electron chi connectivity index (χ3n) is 3.97. The highest BCUT2D eigenvalue weighted by Gasteiger charge is 2.29. The van der Waals surface area contributed by atoms with Gasteiger partial charge in [-0.25, -0.2) is 9.97 Å². The molecule has 0 bridgehead atoms. The lowest BCUT2D eigenvalue weighted by atomic mass is 9.85. The number of aliphatic hydroxyl groups is 1. The van der Waals surface area contributed by atoms with Crippen LogP contribution in [0.1, 0.15) is 32.1 Å². The SMILES string of the molecule is Nc1nc2ccccc2nc1NCC1(O)CCCCC1. The van der Waals surface area contributed by atoms with Crippen molar-refractivity contribution >= 4 is 22.7 Å². The zero-order chi connectivity index (χ0) is 14.0. The first-order valence-corrected chi connectivity index (χ1v) is 7.15. The maximum Gasteiger partial charge on any atom is 0.169 e. The molecule has 0 atom stereocenters. The molecule has 0 aliphatic heterocycles. The van der Waals surface area contributed by atoms with E-state index in [1.807, 2.05) is 24.3 Å². The number of anilines is 2. The van der Waals surface area contributed by atoms with Gasteiger partial charge in [-0.1, -0.05) is 31.4 Å². The van der Waals surface area contributed by atoms with Crippen molar-refractivity contribution in [3.05, 3.63) is 24.3 Å². The minimum atomic E-state index is -0.641. The zero-order valence-corrected chi connectivity index (χ0v) is 11.5. The molecule has 20 heavy (non-hydrogen) atoms. The topological polar surface area (TPSA) is 84.1 Å². The van der Waals surface area contributed by atoms with Gasteiger partial charge in [0, 0.05) is 6.54 Å². The fourth-order valence-corrected chi connectivity index (χ4v) is 2.78. The summed E-state index contributed by atoms with van der Waals surface area (Å²) >= 11 is 0. The summed E-state index contributed by atoms with van der Waals surface area (Å²) in [6.45, 7) is 0.476. The predicted molar refractivity (Wildman–Crippen MR) is 80.5 cm³/mol. The van der Waals surface area contributed by atoms with Gasteiger partial charge in [-0.15, -0.1) is 0 Å². The molecule has 1 aliphatic carbocycles. The highest BCUT2D eigenvalue weighted by Crippen LogP contribution is 2.28. The third-order valence-corrected chi connectivity index (χ3v) is 3.97. The molecule has 1 saturated carbocycles. The maximum absolute atomic E-state index is 10.5. The number of nitrogens with one attached hydrogen (secondary N) is 1. The molecule has 0 unspecified atom stereocenters. The van der Waals surface area contributed by atoms with Crippen molar-refractivity contribution in [1.29, 1.82) is 0 Å². The van der Waals surface area contributed by atoms with Crippen molar-refractivity contribution in [1.82, 2.24) is 9.97 Å². The van der Waals surface area contributed by atoms with Crippen LogP contribution < -0.4 is 11.1 Å². The van der Waals surface area contributed by atoms with Crippen LogP contribution in [0.4, 0.5) is 11.6 Å². The van der Waals surface area contributed by atoms with Crippen LogP contribution in [0.15, 0.2) is 24.3 Å². The van der Waals surface area contributed by atoms with Gasteiger partial charge in [0.2, 0.25) is 0 Å². The minimum absolute atomic E-state index is 0.378. The van der Waals surface area contributed by atoms with Crippen LogP contribution in [0.2, 0.25) is 0 Å². The summed E-state index contributed by atoms with van der Waals surface area (Å²) < 4.78 is 0. The van der Waals surface area contributed by atoms with Crippen molar-refractivity contribution in [2.75, 3.05) is 17.6 Å². The first kappa shape index (κ1) is 13.1. The normalized spacial score (nSPS) is 18.1. The van der Waals surface area contributed by atoms with Gasteiger partial charge >= 0.3 is 0 Å². The average molecular weight is 272 g/mol. The molecule has 5 nitrogen and oxygen atoms in total. The van der Waals surface area contributed by atoms with Crippen LogP contribution in [0.25, 0.3) is 11.0 Å². The van der Waals surface area contributed by atoms with Crippen molar-refractivity contribution < 1.29 is 5.11 Å². The van der Waals surface area contributed by atoms with Crippen LogP contribution in [0.5, 0.6) is 0 Å². The number of nitrogens with zero attached hydrogens (tertiary/aromatic N) is 2. The van der Waals surface area contributed by atoms with Crippen LogP contribution in [-0.4, -0.2) is 27.2 Å². The van der Waals surface area contributed by atoms with E-state index in [-0.39, 0.29) is 0 Å². The Morgan fingerprint density at radius 2 is 1.75 bits per heavy atom. The lowest BCUT2D eigenvalue weighted by molar-refractivity contribution is 0.0167. The molecular formula is C15H20N4O. The van der Waals surface area contributed by atoms with Crippen molar-refractivity contribution in [2.24, 2.45) is 0 Å². The fourth-order valence-electron chi connectivity index (χ4n) is 2.78. The van der Waals surface area contributed by atoms with Gasteiger partial charge in [-0.3, -0.25) is 0 Å². The molecule has 2 aromatic rings. The maximum atomic E-state index is 10.5. The number of fused-ring (bicyclic) bond motifs is 1. The molecule has 5 heteroatoms. The number of aromatic nitrogens is 2. The molecule has 0 spiro atoms. The predicted octanol–water partition coefficient (Wildman–Crippen LogP) is 2.32. The lowest BCUT2D eigenvalue weighted by Gasteiger charge is -2.32. The monoisotopic (exact) mass is 272 g/mol. The van der Waals surface area contributed by atoms with E-state index in [1.54, 1.807) is 0 Å². The Hall–Kier alpha value is -1.88. The first-order chi connectivity index (χ1) is 9.66. The van der Waals surface area contributed by atoms with Crippen LogP contribution in [-0.2, 0) is 0 Å². The largest absolute Gasteiger partial charge is 0.388 e. The Bertz CT molecular complexity index is 608. The second-order valence-corrected chi connectivity index (χ2v) is 5.58. The highest BCUT2D eigenvalue weighted by molar-refractivity contribution is 5.79. The Morgan fingerprint density at radius 3 is 2.45 bits per heavy atom. The van der Waals surface area contributed by atoms with E-state index in [2.05, 4.69) is 15.3 Å². The molecule has 0 amide bonds. The standard InChI is InChI=1S/C15H20N4O/c16-13-14(17-10-15(20)8-4-1-5-9-15)19-12-7-3-2-6-11(12)18-13/h2-3,6-7,20H,1,4-5,8-10H2,(H2,16,18)(H,17,19). The van der Waals surface area contributed by atoms with E-state index in [0.29, 0.717) is 18.2 Å². The molecule has 106 valence electrons. The molecule has 3 rings (SSSR count). The highest BCUT2D eigenvalue weighted by atomic mass is 16.3. The summed E-state index contributed by atoms with van der Waals surface area (Å²) in [7, 11) is 0. The molecule has 1 heterocycles. The molecule has 0 saturated heterocycles. The third kappa shape index (κ3) is 2.67. The summed E-state index contributed by atoms with van der Waals surface area (Å²) in [5.74, 6) is 0.936. The fraction of sp³-hybridized carbons (Fsp3) is 0.467. The van der Waals surface area contributed by atoms with E-state index >= 15 is 0 Å². The van der Waals surface area contributed by atoms with Gasteiger partial charge in [0.15, 0.2) is 11.6 Å². The molecule has 1 fully saturated rings. The van der Waals surface area contributed by atoms with Gasteiger partial charge < -0.3 is 16.2 Å². The zero-order valence-electron chi connectivity index (χ0n) is 11.5. The number of hydrogen-bond acceptors (Lipinski definition) is 5. The minimum Gasteiger partial charge on any atom is -0.388 e. The molecule has 1 aromatic carbocycles. The second kappa shape index (κ2) is 5.25. The summed E-state index contributed by atoms with van der Waals surface area (Å²) in [6, 6.07) is 7.62. The Balaban J connectivity index is 1.78. The van der Waals surface area contributed by atoms with E-state index in [1.165, 1.54) is 6.42 Å². The van der Waals surface area contributed by atoms with Crippen molar-refractivity contribution in [3.63, 3.8) is 0 Å². The van der Waals surface area contributed by atoms with E-state index in [9.17, 15) is 5.11 Å². The molecule has 4 N–H and O–H groups in total. The smallest absolute Gasteiger partial charge is 0.169 e. The van der Waals surface area contributed by atoms with Crippen molar-refractivity contribution in [3.8, 4) is 0 Å². The van der Waals surface area contributed by atoms with Crippen molar-refractivity contribution in [2.45, 2.75) is 37.7 Å². The van der Waals surface area contributed by atoms with E-state index < -0.39 is 5.60 Å². The quantitative estimate of drug-likeness (QED) is 0.798. The number of rotatable bonds is 3. The van der Waals surface area contributed by atoms with Gasteiger partial charge in [0.25, 0.3) is 0 Å².